The molecule has 0 rings (SSSR count). The van der Waals surface area contributed by atoms with Gasteiger partial charge in [-0.05, 0) is 32.3 Å². The smallest absolute Gasteiger partial charge is 0.0313 e. The molecule has 0 bridgehead atoms. The van der Waals surface area contributed by atoms with Crippen molar-refractivity contribution in [1.29, 1.82) is 0 Å². The molecule has 1 atom stereocenters. The topological polar surface area (TPSA) is 12.4 Å². The van der Waals surface area contributed by atoms with Gasteiger partial charge in [0.15, 0.2) is 0 Å². The van der Waals surface area contributed by atoms with Gasteiger partial charge in [-0.1, -0.05) is 19.4 Å². The standard InChI is InChI=1S/C10H19N/c1-6-8(2)9(3)7-10(4)11-5/h7-8H,6H2,1-5H3/b9-7-,11-10-. The van der Waals surface area contributed by atoms with Gasteiger partial charge in [-0.2, -0.15) is 0 Å². The number of nitrogens with zero attached hydrogens (tertiary/aromatic N) is 1. The van der Waals surface area contributed by atoms with Crippen LogP contribution in [-0.4, -0.2) is 12.8 Å². The molecule has 0 heterocycles. The molecule has 0 aliphatic heterocycles. The van der Waals surface area contributed by atoms with E-state index in [9.17, 15) is 0 Å². The zero-order valence-corrected chi connectivity index (χ0v) is 8.31. The highest BCUT2D eigenvalue weighted by atomic mass is 14.7. The van der Waals surface area contributed by atoms with Crippen LogP contribution in [0, 0.1) is 5.92 Å². The van der Waals surface area contributed by atoms with Gasteiger partial charge in [-0.15, -0.1) is 0 Å². The summed E-state index contributed by atoms with van der Waals surface area (Å²) in [5, 5.41) is 0. The van der Waals surface area contributed by atoms with E-state index in [1.54, 1.807) is 0 Å². The van der Waals surface area contributed by atoms with Crippen LogP contribution in [-0.2, 0) is 0 Å². The minimum Gasteiger partial charge on any atom is -0.293 e. The molecule has 64 valence electrons. The van der Waals surface area contributed by atoms with Crippen molar-refractivity contribution < 1.29 is 0 Å². The first-order chi connectivity index (χ1) is 5.11. The summed E-state index contributed by atoms with van der Waals surface area (Å²) in [6, 6.07) is 0. The third-order valence-electron chi connectivity index (χ3n) is 2.18. The molecule has 1 heteroatoms. The van der Waals surface area contributed by atoms with Crippen molar-refractivity contribution in [3.8, 4) is 0 Å². The van der Waals surface area contributed by atoms with E-state index in [-0.39, 0.29) is 0 Å². The summed E-state index contributed by atoms with van der Waals surface area (Å²) in [5.74, 6) is 0.687. The highest BCUT2D eigenvalue weighted by molar-refractivity contribution is 5.93. The molecule has 1 unspecified atom stereocenters. The Kier molecular flexibility index (Phi) is 4.84. The molecule has 0 aromatic heterocycles. The maximum atomic E-state index is 4.09. The molecule has 0 radical (unpaired) electrons. The average molecular weight is 153 g/mol. The van der Waals surface area contributed by atoms with E-state index in [1.807, 2.05) is 14.0 Å². The Labute approximate surface area is 70.2 Å². The monoisotopic (exact) mass is 153 g/mol. The first kappa shape index (κ1) is 10.4. The summed E-state index contributed by atoms with van der Waals surface area (Å²) in [6.07, 6.45) is 3.37. The van der Waals surface area contributed by atoms with Gasteiger partial charge in [0.05, 0.1) is 0 Å². The van der Waals surface area contributed by atoms with E-state index in [0.717, 1.165) is 5.71 Å². The normalized spacial score (nSPS) is 16.8. The molecule has 1 nitrogen and oxygen atoms in total. The second-order valence-corrected chi connectivity index (χ2v) is 3.06. The fourth-order valence-electron chi connectivity index (χ4n) is 0.858. The largest absolute Gasteiger partial charge is 0.293 e. The predicted octanol–water partition coefficient (Wildman–Crippen LogP) is 3.07. The molecule has 0 saturated carbocycles. The van der Waals surface area contributed by atoms with Crippen molar-refractivity contribution in [3.05, 3.63) is 11.6 Å². The van der Waals surface area contributed by atoms with Crippen LogP contribution in [0.3, 0.4) is 0 Å². The van der Waals surface area contributed by atoms with Gasteiger partial charge in [0.25, 0.3) is 0 Å². The van der Waals surface area contributed by atoms with Crippen LogP contribution in [0.25, 0.3) is 0 Å². The van der Waals surface area contributed by atoms with Gasteiger partial charge < -0.3 is 0 Å². The Bertz CT molecular complexity index is 166. The van der Waals surface area contributed by atoms with Gasteiger partial charge in [0.2, 0.25) is 0 Å². The molecule has 0 aliphatic carbocycles. The van der Waals surface area contributed by atoms with E-state index in [4.69, 9.17) is 0 Å². The highest BCUT2D eigenvalue weighted by Crippen LogP contribution is 2.12. The Morgan fingerprint density at radius 2 is 2.00 bits per heavy atom. The summed E-state index contributed by atoms with van der Waals surface area (Å²) >= 11 is 0. The molecule has 0 aromatic rings. The zero-order chi connectivity index (χ0) is 8.85. The van der Waals surface area contributed by atoms with Gasteiger partial charge in [-0.25, -0.2) is 0 Å². The molecule has 0 N–H and O–H groups in total. The molecular weight excluding hydrogens is 134 g/mol. The van der Waals surface area contributed by atoms with E-state index in [0.29, 0.717) is 5.92 Å². The second-order valence-electron chi connectivity index (χ2n) is 3.06. The molecule has 0 saturated heterocycles. The summed E-state index contributed by atoms with van der Waals surface area (Å²) in [4.78, 5) is 4.09. The average Bonchev–Trinajstić information content (AvgIpc) is 2.02. The summed E-state index contributed by atoms with van der Waals surface area (Å²) in [7, 11) is 1.83. The first-order valence-corrected chi connectivity index (χ1v) is 4.23. The Hall–Kier alpha value is -0.590. The maximum absolute atomic E-state index is 4.09. The minimum absolute atomic E-state index is 0.687. The fraction of sp³-hybridized carbons (Fsp3) is 0.700. The SMILES string of the molecule is CCC(C)/C(C)=C\C(C)=N/C. The predicted molar refractivity (Wildman–Crippen MR) is 52.2 cm³/mol. The number of hydrogen-bond acceptors (Lipinski definition) is 1. The number of allylic oxidation sites excluding steroid dienone is 2. The lowest BCUT2D eigenvalue weighted by Gasteiger charge is -2.07. The Balaban J connectivity index is 4.21. The van der Waals surface area contributed by atoms with Crippen LogP contribution < -0.4 is 0 Å². The number of aliphatic imine (C=N–C) groups is 1. The summed E-state index contributed by atoms with van der Waals surface area (Å²) in [6.45, 7) is 8.66. The molecule has 0 aliphatic rings. The van der Waals surface area contributed by atoms with E-state index < -0.39 is 0 Å². The minimum atomic E-state index is 0.687. The lowest BCUT2D eigenvalue weighted by atomic mass is 9.99. The van der Waals surface area contributed by atoms with Gasteiger partial charge >= 0.3 is 0 Å². The van der Waals surface area contributed by atoms with Crippen molar-refractivity contribution in [3.63, 3.8) is 0 Å². The van der Waals surface area contributed by atoms with Gasteiger partial charge in [0, 0.05) is 12.8 Å². The number of rotatable bonds is 3. The maximum Gasteiger partial charge on any atom is 0.0313 e. The van der Waals surface area contributed by atoms with Crippen molar-refractivity contribution in [2.24, 2.45) is 10.9 Å². The van der Waals surface area contributed by atoms with Crippen LogP contribution in [0.2, 0.25) is 0 Å². The molecule has 11 heavy (non-hydrogen) atoms. The summed E-state index contributed by atoms with van der Waals surface area (Å²) < 4.78 is 0. The Morgan fingerprint density at radius 1 is 1.45 bits per heavy atom. The summed E-state index contributed by atoms with van der Waals surface area (Å²) in [5.41, 5.74) is 2.54. The van der Waals surface area contributed by atoms with E-state index in [1.165, 1.54) is 12.0 Å². The fourth-order valence-corrected chi connectivity index (χ4v) is 0.858. The lowest BCUT2D eigenvalue weighted by Crippen LogP contribution is -1.96. The van der Waals surface area contributed by atoms with Crippen molar-refractivity contribution in [1.82, 2.24) is 0 Å². The van der Waals surface area contributed by atoms with Crippen molar-refractivity contribution >= 4 is 5.71 Å². The van der Waals surface area contributed by atoms with E-state index in [2.05, 4.69) is 31.8 Å². The van der Waals surface area contributed by atoms with Crippen molar-refractivity contribution in [2.75, 3.05) is 7.05 Å². The molecule has 0 amide bonds. The Morgan fingerprint density at radius 3 is 2.36 bits per heavy atom. The van der Waals surface area contributed by atoms with Crippen LogP contribution in [0.4, 0.5) is 0 Å². The zero-order valence-electron chi connectivity index (χ0n) is 8.31. The third kappa shape index (κ3) is 3.97. The number of hydrogen-bond donors (Lipinski definition) is 0. The molecule has 0 spiro atoms. The van der Waals surface area contributed by atoms with Gasteiger partial charge in [0.1, 0.15) is 0 Å². The molecule has 0 aromatic carbocycles. The van der Waals surface area contributed by atoms with Gasteiger partial charge in [-0.3, -0.25) is 4.99 Å². The lowest BCUT2D eigenvalue weighted by molar-refractivity contribution is 0.656. The van der Waals surface area contributed by atoms with Crippen molar-refractivity contribution in [2.45, 2.75) is 34.1 Å². The highest BCUT2D eigenvalue weighted by Gasteiger charge is 1.99. The molecule has 0 fully saturated rings. The van der Waals surface area contributed by atoms with Crippen LogP contribution >= 0.6 is 0 Å². The van der Waals surface area contributed by atoms with Crippen LogP contribution in [0.1, 0.15) is 34.1 Å². The quantitative estimate of drug-likeness (QED) is 0.552. The molecular formula is C10H19N. The van der Waals surface area contributed by atoms with Crippen LogP contribution in [0.5, 0.6) is 0 Å². The van der Waals surface area contributed by atoms with Crippen LogP contribution in [0.15, 0.2) is 16.6 Å². The second kappa shape index (κ2) is 5.11. The third-order valence-corrected chi connectivity index (χ3v) is 2.18. The first-order valence-electron chi connectivity index (χ1n) is 4.23. The van der Waals surface area contributed by atoms with E-state index >= 15 is 0 Å².